The van der Waals surface area contributed by atoms with E-state index in [1.54, 1.807) is 17.0 Å². The van der Waals surface area contributed by atoms with Gasteiger partial charge in [0.2, 0.25) is 21.8 Å². The van der Waals surface area contributed by atoms with Gasteiger partial charge in [-0.2, -0.15) is 4.31 Å². The second-order valence-corrected chi connectivity index (χ2v) is 10.4. The number of sulfonamides is 1. The van der Waals surface area contributed by atoms with Gasteiger partial charge in [0.15, 0.2) is 0 Å². The van der Waals surface area contributed by atoms with Crippen LogP contribution < -0.4 is 9.80 Å². The minimum Gasteiger partial charge on any atom is -0.358 e. The average Bonchev–Trinajstić information content (AvgIpc) is 3.32. The molecule has 2 fully saturated rings. The van der Waals surface area contributed by atoms with Crippen LogP contribution in [-0.4, -0.2) is 74.7 Å². The van der Waals surface area contributed by atoms with E-state index in [9.17, 15) is 18.0 Å². The Morgan fingerprint density at radius 1 is 1.03 bits per heavy atom. The maximum Gasteiger partial charge on any atom is 0.250 e. The highest BCUT2D eigenvalue weighted by Crippen LogP contribution is 2.41. The van der Waals surface area contributed by atoms with E-state index in [1.165, 1.54) is 9.21 Å². The molecule has 2 amide bonds. The van der Waals surface area contributed by atoms with Crippen LogP contribution in [-0.2, 0) is 19.6 Å². The van der Waals surface area contributed by atoms with Crippen molar-refractivity contribution in [2.75, 3.05) is 49.1 Å². The number of carbonyl (C=O) groups excluding carboxylic acids is 2. The summed E-state index contributed by atoms with van der Waals surface area (Å²) in [6, 6.07) is 4.75. The van der Waals surface area contributed by atoms with Crippen LogP contribution in [0.2, 0.25) is 0 Å². The molecule has 9 heteroatoms. The van der Waals surface area contributed by atoms with E-state index in [2.05, 4.69) is 4.90 Å². The lowest BCUT2D eigenvalue weighted by molar-refractivity contribution is -0.131. The summed E-state index contributed by atoms with van der Waals surface area (Å²) >= 11 is 0. The van der Waals surface area contributed by atoms with Crippen LogP contribution in [0, 0.1) is 0 Å². The van der Waals surface area contributed by atoms with Gasteiger partial charge in [-0.3, -0.25) is 14.5 Å². The fraction of sp³-hybridized carbons (Fsp3) is 0.636. The van der Waals surface area contributed by atoms with Crippen LogP contribution in [0.1, 0.15) is 46.0 Å². The Morgan fingerprint density at radius 2 is 1.71 bits per heavy atom. The first kappa shape index (κ1) is 22.1. The van der Waals surface area contributed by atoms with Crippen LogP contribution in [0.3, 0.4) is 0 Å². The maximum atomic E-state index is 13.4. The third kappa shape index (κ3) is 3.93. The SMILES string of the molecule is CCN(CC)S(=O)(=O)c1ccc2c(c1)N(CC(=O)N1CCCC1)C(=O)C1CCCCN21. The molecule has 0 bridgehead atoms. The number of rotatable bonds is 6. The molecule has 170 valence electrons. The molecular weight excluding hydrogens is 416 g/mol. The molecule has 0 N–H and O–H groups in total. The van der Waals surface area contributed by atoms with E-state index in [1.807, 2.05) is 19.9 Å². The summed E-state index contributed by atoms with van der Waals surface area (Å²) in [5, 5.41) is 0. The van der Waals surface area contributed by atoms with E-state index >= 15 is 0 Å². The van der Waals surface area contributed by atoms with E-state index in [0.29, 0.717) is 18.8 Å². The molecule has 3 aliphatic heterocycles. The highest BCUT2D eigenvalue weighted by molar-refractivity contribution is 7.89. The number of hydrogen-bond acceptors (Lipinski definition) is 5. The molecule has 2 saturated heterocycles. The van der Waals surface area contributed by atoms with Crippen molar-refractivity contribution in [3.8, 4) is 0 Å². The Bertz CT molecular complexity index is 954. The predicted molar refractivity (Wildman–Crippen MR) is 120 cm³/mol. The van der Waals surface area contributed by atoms with Crippen LogP contribution in [0.5, 0.6) is 0 Å². The van der Waals surface area contributed by atoms with E-state index in [0.717, 1.165) is 57.4 Å². The number of fused-ring (bicyclic) bond motifs is 3. The Kier molecular flexibility index (Phi) is 6.25. The largest absolute Gasteiger partial charge is 0.358 e. The van der Waals surface area contributed by atoms with Crippen LogP contribution in [0.4, 0.5) is 11.4 Å². The standard InChI is InChI=1S/C22H32N4O4S/c1-3-24(4-2)31(29,30)17-10-11-18-20(15-17)26(16-21(27)23-12-7-8-13-23)22(28)19-9-5-6-14-25(18)19/h10-11,15,19H,3-9,12-14,16H2,1-2H3. The Balaban J connectivity index is 1.75. The number of benzene rings is 1. The zero-order valence-corrected chi connectivity index (χ0v) is 19.2. The fourth-order valence-corrected chi connectivity index (χ4v) is 6.45. The van der Waals surface area contributed by atoms with Crippen molar-refractivity contribution in [3.05, 3.63) is 18.2 Å². The molecule has 0 spiro atoms. The van der Waals surface area contributed by atoms with Crippen LogP contribution in [0.25, 0.3) is 0 Å². The molecule has 0 saturated carbocycles. The first-order chi connectivity index (χ1) is 14.9. The highest BCUT2D eigenvalue weighted by Gasteiger charge is 2.41. The molecule has 0 aliphatic carbocycles. The van der Waals surface area contributed by atoms with Crippen molar-refractivity contribution in [2.45, 2.75) is 56.9 Å². The summed E-state index contributed by atoms with van der Waals surface area (Å²) in [6.45, 7) is 6.54. The van der Waals surface area contributed by atoms with Gasteiger partial charge in [0.05, 0.1) is 16.3 Å². The van der Waals surface area contributed by atoms with Gasteiger partial charge in [0.1, 0.15) is 12.6 Å². The molecule has 1 unspecified atom stereocenters. The van der Waals surface area contributed by atoms with Crippen molar-refractivity contribution in [1.29, 1.82) is 0 Å². The van der Waals surface area contributed by atoms with Crippen molar-refractivity contribution < 1.29 is 18.0 Å². The zero-order valence-electron chi connectivity index (χ0n) is 18.4. The first-order valence-electron chi connectivity index (χ1n) is 11.4. The lowest BCUT2D eigenvalue weighted by Crippen LogP contribution is -2.57. The molecule has 1 atom stereocenters. The molecule has 4 rings (SSSR count). The van der Waals surface area contributed by atoms with E-state index in [4.69, 9.17) is 0 Å². The van der Waals surface area contributed by atoms with Crippen molar-refractivity contribution in [2.24, 2.45) is 0 Å². The summed E-state index contributed by atoms with van der Waals surface area (Å²) in [7, 11) is -3.67. The molecule has 3 aliphatic rings. The fourth-order valence-electron chi connectivity index (χ4n) is 4.98. The third-order valence-electron chi connectivity index (χ3n) is 6.70. The first-order valence-corrected chi connectivity index (χ1v) is 12.8. The predicted octanol–water partition coefficient (Wildman–Crippen LogP) is 2.04. The molecule has 31 heavy (non-hydrogen) atoms. The number of amides is 2. The quantitative estimate of drug-likeness (QED) is 0.665. The van der Waals surface area contributed by atoms with Gasteiger partial charge in [-0.05, 0) is 50.3 Å². The van der Waals surface area contributed by atoms with E-state index < -0.39 is 10.0 Å². The smallest absolute Gasteiger partial charge is 0.250 e. The van der Waals surface area contributed by atoms with Gasteiger partial charge in [-0.15, -0.1) is 0 Å². The average molecular weight is 449 g/mol. The summed E-state index contributed by atoms with van der Waals surface area (Å²) in [6.07, 6.45) is 4.70. The van der Waals surface area contributed by atoms with Gasteiger partial charge in [0.25, 0.3) is 0 Å². The lowest BCUT2D eigenvalue weighted by atomic mass is 9.96. The van der Waals surface area contributed by atoms with Crippen molar-refractivity contribution in [1.82, 2.24) is 9.21 Å². The second kappa shape index (κ2) is 8.78. The number of anilines is 2. The van der Waals surface area contributed by atoms with Crippen LogP contribution >= 0.6 is 0 Å². The lowest BCUT2D eigenvalue weighted by Gasteiger charge is -2.45. The Labute approximate surface area is 184 Å². The van der Waals surface area contributed by atoms with Gasteiger partial charge in [-0.25, -0.2) is 8.42 Å². The normalized spacial score (nSPS) is 21.5. The third-order valence-corrected chi connectivity index (χ3v) is 8.74. The summed E-state index contributed by atoms with van der Waals surface area (Å²) in [4.78, 5) is 31.9. The molecule has 0 aromatic heterocycles. The van der Waals surface area contributed by atoms with Gasteiger partial charge in [0, 0.05) is 32.7 Å². The topological polar surface area (TPSA) is 81.2 Å². The highest BCUT2D eigenvalue weighted by atomic mass is 32.2. The summed E-state index contributed by atoms with van der Waals surface area (Å²) in [5.41, 5.74) is 1.38. The van der Waals surface area contributed by atoms with Crippen LogP contribution in [0.15, 0.2) is 23.1 Å². The minimum atomic E-state index is -3.67. The van der Waals surface area contributed by atoms with Gasteiger partial charge < -0.3 is 9.80 Å². The number of nitrogens with zero attached hydrogens (tertiary/aromatic N) is 4. The number of hydrogen-bond donors (Lipinski definition) is 0. The number of piperidine rings is 1. The van der Waals surface area contributed by atoms with Gasteiger partial charge >= 0.3 is 0 Å². The molecule has 1 aromatic rings. The van der Waals surface area contributed by atoms with Crippen molar-refractivity contribution >= 4 is 33.2 Å². The Morgan fingerprint density at radius 3 is 2.39 bits per heavy atom. The maximum absolute atomic E-state index is 13.4. The van der Waals surface area contributed by atoms with E-state index in [-0.39, 0.29) is 29.3 Å². The number of carbonyl (C=O) groups is 2. The number of likely N-dealkylation sites (tertiary alicyclic amines) is 1. The molecule has 1 aromatic carbocycles. The second-order valence-electron chi connectivity index (χ2n) is 8.46. The van der Waals surface area contributed by atoms with Crippen molar-refractivity contribution in [3.63, 3.8) is 0 Å². The molecule has 0 radical (unpaired) electrons. The zero-order chi connectivity index (χ0) is 22.2. The summed E-state index contributed by atoms with van der Waals surface area (Å²) < 4.78 is 27.6. The molecule has 3 heterocycles. The Hall–Kier alpha value is -2.13. The monoisotopic (exact) mass is 448 g/mol. The summed E-state index contributed by atoms with van der Waals surface area (Å²) in [5.74, 6) is -0.171. The molecular formula is C22H32N4O4S. The minimum absolute atomic E-state index is 0.0368. The molecule has 8 nitrogen and oxygen atoms in total. The van der Waals surface area contributed by atoms with Gasteiger partial charge in [-0.1, -0.05) is 13.8 Å².